The molecule has 1 aromatic heterocycles. The summed E-state index contributed by atoms with van der Waals surface area (Å²) in [7, 11) is 0. The molecule has 2 atom stereocenters. The van der Waals surface area contributed by atoms with Crippen LogP contribution in [0.3, 0.4) is 0 Å². The molecule has 3 nitrogen and oxygen atoms in total. The van der Waals surface area contributed by atoms with E-state index >= 15 is 0 Å². The van der Waals surface area contributed by atoms with Gasteiger partial charge < -0.3 is 14.6 Å². The van der Waals surface area contributed by atoms with Gasteiger partial charge in [-0.3, -0.25) is 0 Å². The van der Waals surface area contributed by atoms with E-state index in [9.17, 15) is 0 Å². The Morgan fingerprint density at radius 2 is 2.11 bits per heavy atom. The van der Waals surface area contributed by atoms with Gasteiger partial charge in [0.2, 0.25) is 0 Å². The molecule has 0 bridgehead atoms. The van der Waals surface area contributed by atoms with Crippen molar-refractivity contribution in [3.05, 3.63) is 24.2 Å². The van der Waals surface area contributed by atoms with Gasteiger partial charge in [-0.05, 0) is 64.4 Å². The molecule has 0 radical (unpaired) electrons. The normalized spacial score (nSPS) is 21.9. The van der Waals surface area contributed by atoms with Crippen LogP contribution >= 0.6 is 0 Å². The summed E-state index contributed by atoms with van der Waals surface area (Å²) < 4.78 is 5.45. The van der Waals surface area contributed by atoms with Gasteiger partial charge in [0.05, 0.1) is 12.3 Å². The van der Waals surface area contributed by atoms with Crippen LogP contribution < -0.4 is 5.32 Å². The third-order valence-electron chi connectivity index (χ3n) is 4.27. The Bertz CT molecular complexity index is 328. The minimum absolute atomic E-state index is 0.305. The molecule has 0 aliphatic carbocycles. The fourth-order valence-electron chi connectivity index (χ4n) is 2.92. The van der Waals surface area contributed by atoms with Crippen LogP contribution in [0.1, 0.15) is 45.4 Å². The van der Waals surface area contributed by atoms with E-state index in [0.29, 0.717) is 12.1 Å². The maximum Gasteiger partial charge on any atom is 0.120 e. The molecular formula is C15H26N2O. The first-order valence-corrected chi connectivity index (χ1v) is 7.22. The second-order valence-corrected chi connectivity index (χ2v) is 5.46. The van der Waals surface area contributed by atoms with Gasteiger partial charge in [0.15, 0.2) is 0 Å². The van der Waals surface area contributed by atoms with Gasteiger partial charge in [-0.2, -0.15) is 0 Å². The lowest BCUT2D eigenvalue weighted by molar-refractivity contribution is 0.163. The van der Waals surface area contributed by atoms with Gasteiger partial charge >= 0.3 is 0 Å². The number of furan rings is 1. The topological polar surface area (TPSA) is 28.4 Å². The standard InChI is InChI=1S/C15H26N2O/c1-4-17-9-7-14(8-10-17)12(2)16-13(3)15-6-5-11-18-15/h5-6,11-14,16H,4,7-10H2,1-3H3. The van der Waals surface area contributed by atoms with Crippen LogP contribution in [0.15, 0.2) is 22.8 Å². The van der Waals surface area contributed by atoms with E-state index in [-0.39, 0.29) is 0 Å². The summed E-state index contributed by atoms with van der Waals surface area (Å²) in [6, 6.07) is 4.87. The molecule has 1 aliphatic heterocycles. The quantitative estimate of drug-likeness (QED) is 0.870. The van der Waals surface area contributed by atoms with Crippen LogP contribution in [0.4, 0.5) is 0 Å². The lowest BCUT2D eigenvalue weighted by Crippen LogP contribution is -2.42. The molecule has 2 rings (SSSR count). The third-order valence-corrected chi connectivity index (χ3v) is 4.27. The monoisotopic (exact) mass is 250 g/mol. The lowest BCUT2D eigenvalue weighted by atomic mass is 9.90. The molecule has 1 saturated heterocycles. The molecular weight excluding hydrogens is 224 g/mol. The summed E-state index contributed by atoms with van der Waals surface area (Å²) in [5.74, 6) is 1.83. The van der Waals surface area contributed by atoms with Crippen molar-refractivity contribution in [1.29, 1.82) is 0 Å². The summed E-state index contributed by atoms with van der Waals surface area (Å²) in [5.41, 5.74) is 0. The lowest BCUT2D eigenvalue weighted by Gasteiger charge is -2.35. The van der Waals surface area contributed by atoms with E-state index in [1.54, 1.807) is 6.26 Å². The Hall–Kier alpha value is -0.800. The molecule has 1 N–H and O–H groups in total. The molecule has 18 heavy (non-hydrogen) atoms. The second kappa shape index (κ2) is 6.39. The molecule has 0 aromatic carbocycles. The van der Waals surface area contributed by atoms with Gasteiger partial charge in [0, 0.05) is 6.04 Å². The number of piperidine rings is 1. The van der Waals surface area contributed by atoms with Crippen molar-refractivity contribution in [2.45, 2.75) is 45.7 Å². The van der Waals surface area contributed by atoms with Gasteiger partial charge in [-0.15, -0.1) is 0 Å². The largest absolute Gasteiger partial charge is 0.468 e. The van der Waals surface area contributed by atoms with E-state index in [1.807, 2.05) is 12.1 Å². The molecule has 1 fully saturated rings. The number of nitrogens with zero attached hydrogens (tertiary/aromatic N) is 1. The average Bonchev–Trinajstić information content (AvgIpc) is 2.92. The molecule has 3 heteroatoms. The fourth-order valence-corrected chi connectivity index (χ4v) is 2.92. The Kier molecular flexibility index (Phi) is 4.84. The third kappa shape index (κ3) is 3.36. The smallest absolute Gasteiger partial charge is 0.120 e. The fraction of sp³-hybridized carbons (Fsp3) is 0.733. The number of rotatable bonds is 5. The van der Waals surface area contributed by atoms with E-state index in [4.69, 9.17) is 4.42 Å². The van der Waals surface area contributed by atoms with Gasteiger partial charge in [-0.1, -0.05) is 6.92 Å². The van der Waals surface area contributed by atoms with E-state index in [2.05, 4.69) is 31.0 Å². The van der Waals surface area contributed by atoms with Gasteiger partial charge in [0.1, 0.15) is 5.76 Å². The van der Waals surface area contributed by atoms with Crippen molar-refractivity contribution in [2.24, 2.45) is 5.92 Å². The van der Waals surface area contributed by atoms with Crippen LogP contribution in [0, 0.1) is 5.92 Å². The highest BCUT2D eigenvalue weighted by Gasteiger charge is 2.24. The van der Waals surface area contributed by atoms with Crippen molar-refractivity contribution in [3.8, 4) is 0 Å². The van der Waals surface area contributed by atoms with Gasteiger partial charge in [-0.25, -0.2) is 0 Å². The van der Waals surface area contributed by atoms with Crippen LogP contribution in [-0.2, 0) is 0 Å². The van der Waals surface area contributed by atoms with Crippen LogP contribution in [0.2, 0.25) is 0 Å². The van der Waals surface area contributed by atoms with Crippen molar-refractivity contribution in [2.75, 3.05) is 19.6 Å². The summed E-state index contributed by atoms with van der Waals surface area (Å²) in [4.78, 5) is 2.54. The Labute approximate surface area is 111 Å². The summed E-state index contributed by atoms with van der Waals surface area (Å²) in [6.45, 7) is 10.4. The first kappa shape index (κ1) is 13.6. The SMILES string of the molecule is CCN1CCC(C(C)NC(C)c2ccco2)CC1. The Morgan fingerprint density at radius 3 is 2.67 bits per heavy atom. The molecule has 102 valence electrons. The summed E-state index contributed by atoms with van der Waals surface area (Å²) in [6.07, 6.45) is 4.37. The van der Waals surface area contributed by atoms with E-state index < -0.39 is 0 Å². The zero-order valence-corrected chi connectivity index (χ0v) is 11.9. The summed E-state index contributed by atoms with van der Waals surface area (Å²) in [5, 5.41) is 3.67. The molecule has 0 saturated carbocycles. The van der Waals surface area contributed by atoms with Crippen molar-refractivity contribution in [1.82, 2.24) is 10.2 Å². The number of likely N-dealkylation sites (tertiary alicyclic amines) is 1. The molecule has 0 amide bonds. The maximum atomic E-state index is 5.45. The van der Waals surface area contributed by atoms with E-state index in [0.717, 1.165) is 11.7 Å². The predicted molar refractivity (Wildman–Crippen MR) is 74.6 cm³/mol. The van der Waals surface area contributed by atoms with E-state index in [1.165, 1.54) is 32.5 Å². The molecule has 0 spiro atoms. The van der Waals surface area contributed by atoms with Crippen LogP contribution in [0.25, 0.3) is 0 Å². The van der Waals surface area contributed by atoms with Crippen molar-refractivity contribution in [3.63, 3.8) is 0 Å². The molecule has 1 aromatic rings. The minimum atomic E-state index is 0.305. The summed E-state index contributed by atoms with van der Waals surface area (Å²) >= 11 is 0. The minimum Gasteiger partial charge on any atom is -0.468 e. The first-order chi connectivity index (χ1) is 8.70. The average molecular weight is 250 g/mol. The maximum absolute atomic E-state index is 5.45. The highest BCUT2D eigenvalue weighted by atomic mass is 16.3. The molecule has 2 heterocycles. The highest BCUT2D eigenvalue weighted by molar-refractivity contribution is 5.03. The number of nitrogens with one attached hydrogen (secondary N) is 1. The van der Waals surface area contributed by atoms with Gasteiger partial charge in [0.25, 0.3) is 0 Å². The van der Waals surface area contributed by atoms with Crippen LogP contribution in [0.5, 0.6) is 0 Å². The molecule has 2 unspecified atom stereocenters. The predicted octanol–water partition coefficient (Wildman–Crippen LogP) is 3.05. The first-order valence-electron chi connectivity index (χ1n) is 7.22. The van der Waals surface area contributed by atoms with Crippen molar-refractivity contribution >= 4 is 0 Å². The number of hydrogen-bond donors (Lipinski definition) is 1. The molecule has 1 aliphatic rings. The highest BCUT2D eigenvalue weighted by Crippen LogP contribution is 2.23. The number of hydrogen-bond acceptors (Lipinski definition) is 3. The van der Waals surface area contributed by atoms with Crippen molar-refractivity contribution < 1.29 is 4.42 Å². The zero-order valence-electron chi connectivity index (χ0n) is 11.9. The Morgan fingerprint density at radius 1 is 1.39 bits per heavy atom. The Balaban J connectivity index is 1.80. The second-order valence-electron chi connectivity index (χ2n) is 5.46. The van der Waals surface area contributed by atoms with Crippen LogP contribution in [-0.4, -0.2) is 30.6 Å². The zero-order chi connectivity index (χ0) is 13.0.